The topological polar surface area (TPSA) is 0 Å². The summed E-state index contributed by atoms with van der Waals surface area (Å²) < 4.78 is 0. The number of hydrogen-bond acceptors (Lipinski definition) is 0. The normalized spacial score (nSPS) is 8.87. The molecular formula is C13H28Si2. The highest BCUT2D eigenvalue weighted by Gasteiger charge is 1.95. The van der Waals surface area contributed by atoms with Gasteiger partial charge < -0.3 is 0 Å². The van der Waals surface area contributed by atoms with Gasteiger partial charge in [0.25, 0.3) is 0 Å². The molecule has 0 amide bonds. The molecule has 0 unspecified atom stereocenters. The van der Waals surface area contributed by atoms with Crippen LogP contribution in [0.2, 0.25) is 32.7 Å². The first kappa shape index (κ1) is 17.1. The average Bonchev–Trinajstić information content (AvgIpc) is 2.21. The molecule has 0 atom stereocenters. The smallest absolute Gasteiger partial charge is 0.0647 e. The van der Waals surface area contributed by atoms with Gasteiger partial charge >= 0.3 is 0 Å². The minimum absolute atomic E-state index is 0.139. The molecule has 15 heavy (non-hydrogen) atoms. The maximum absolute atomic E-state index is 2.34. The fraction of sp³-hybridized carbons (Fsp3) is 0.538. The van der Waals surface area contributed by atoms with E-state index in [1.807, 2.05) is 13.8 Å². The van der Waals surface area contributed by atoms with Crippen LogP contribution >= 0.6 is 0 Å². The molecule has 1 aromatic rings. The lowest BCUT2D eigenvalue weighted by atomic mass is 10.4. The Hall–Kier alpha value is -0.346. The minimum Gasteiger partial charge on any atom is -0.0724 e. The van der Waals surface area contributed by atoms with Crippen molar-refractivity contribution in [2.75, 3.05) is 0 Å². The van der Waals surface area contributed by atoms with Crippen molar-refractivity contribution in [2.24, 2.45) is 0 Å². The molecule has 0 fully saturated rings. The molecule has 0 bridgehead atoms. The van der Waals surface area contributed by atoms with E-state index < -0.39 is 8.80 Å². The Kier molecular flexibility index (Phi) is 13.3. The van der Waals surface area contributed by atoms with Gasteiger partial charge in [-0.25, -0.2) is 0 Å². The largest absolute Gasteiger partial charge is 0.0724 e. The highest BCUT2D eigenvalue weighted by Crippen LogP contribution is 1.86. The van der Waals surface area contributed by atoms with Gasteiger partial charge in [0.1, 0.15) is 0 Å². The van der Waals surface area contributed by atoms with Crippen molar-refractivity contribution in [3.63, 3.8) is 0 Å². The fourth-order valence-corrected chi connectivity index (χ4v) is 1.83. The van der Waals surface area contributed by atoms with Crippen LogP contribution in [0.15, 0.2) is 30.3 Å². The van der Waals surface area contributed by atoms with Gasteiger partial charge in [0.15, 0.2) is 0 Å². The average molecular weight is 241 g/mol. The van der Waals surface area contributed by atoms with E-state index in [-0.39, 0.29) is 8.80 Å². The Labute approximate surface area is 100.0 Å². The van der Waals surface area contributed by atoms with Crippen LogP contribution in [-0.2, 0) is 0 Å². The summed E-state index contributed by atoms with van der Waals surface area (Å²) in [6.07, 6.45) is 0. The van der Waals surface area contributed by atoms with Gasteiger partial charge in [0, 0.05) is 8.80 Å². The first-order valence-electron chi connectivity index (χ1n) is 6.09. The molecule has 0 saturated carbocycles. The van der Waals surface area contributed by atoms with E-state index in [1.54, 1.807) is 5.19 Å². The van der Waals surface area contributed by atoms with Gasteiger partial charge in [-0.3, -0.25) is 0 Å². The van der Waals surface area contributed by atoms with Crippen LogP contribution < -0.4 is 5.19 Å². The number of hydrogen-bond donors (Lipinski definition) is 0. The quantitative estimate of drug-likeness (QED) is 0.659. The lowest BCUT2D eigenvalue weighted by Gasteiger charge is -1.99. The molecule has 0 heterocycles. The second-order valence-electron chi connectivity index (χ2n) is 4.30. The molecule has 0 N–H and O–H groups in total. The van der Waals surface area contributed by atoms with Crippen LogP contribution in [0.1, 0.15) is 13.8 Å². The van der Waals surface area contributed by atoms with Crippen molar-refractivity contribution in [1.82, 2.24) is 0 Å². The number of rotatable bonds is 1. The lowest BCUT2D eigenvalue weighted by molar-refractivity contribution is 1.50. The van der Waals surface area contributed by atoms with Gasteiger partial charge in [-0.2, -0.15) is 0 Å². The molecule has 0 nitrogen and oxygen atoms in total. The molecule has 1 aromatic carbocycles. The summed E-state index contributed by atoms with van der Waals surface area (Å²) in [6.45, 7) is 15.6. The zero-order valence-corrected chi connectivity index (χ0v) is 13.9. The molecule has 0 radical (unpaired) electrons. The van der Waals surface area contributed by atoms with Crippen molar-refractivity contribution in [2.45, 2.75) is 46.6 Å². The Morgan fingerprint density at radius 3 is 1.27 bits per heavy atom. The molecule has 0 aliphatic heterocycles. The third-order valence-corrected chi connectivity index (χ3v) is 3.18. The lowest BCUT2D eigenvalue weighted by Crippen LogP contribution is -2.21. The predicted octanol–water partition coefficient (Wildman–Crippen LogP) is 3.51. The van der Waals surface area contributed by atoms with Gasteiger partial charge in [-0.15, -0.1) is 0 Å². The van der Waals surface area contributed by atoms with Crippen LogP contribution in [0.3, 0.4) is 0 Å². The Morgan fingerprint density at radius 2 is 1.07 bits per heavy atom. The van der Waals surface area contributed by atoms with Gasteiger partial charge in [-0.05, 0) is 0 Å². The SMILES string of the molecule is CC.C[SiH](C)C.C[SiH](C)c1ccccc1. The summed E-state index contributed by atoms with van der Waals surface area (Å²) in [4.78, 5) is 0. The van der Waals surface area contributed by atoms with E-state index in [2.05, 4.69) is 63.1 Å². The van der Waals surface area contributed by atoms with Crippen LogP contribution in [0.25, 0.3) is 0 Å². The van der Waals surface area contributed by atoms with E-state index >= 15 is 0 Å². The van der Waals surface area contributed by atoms with E-state index in [4.69, 9.17) is 0 Å². The Bertz CT molecular complexity index is 202. The van der Waals surface area contributed by atoms with E-state index in [0.29, 0.717) is 0 Å². The van der Waals surface area contributed by atoms with E-state index in [9.17, 15) is 0 Å². The Balaban J connectivity index is 0. The Morgan fingerprint density at radius 1 is 0.733 bits per heavy atom. The van der Waals surface area contributed by atoms with Crippen molar-refractivity contribution in [3.05, 3.63) is 30.3 Å². The van der Waals surface area contributed by atoms with Crippen molar-refractivity contribution in [1.29, 1.82) is 0 Å². The summed E-state index contributed by atoms with van der Waals surface area (Å²) in [6, 6.07) is 10.7. The molecule has 0 saturated heterocycles. The molecule has 0 aliphatic rings. The third kappa shape index (κ3) is 13.7. The minimum atomic E-state index is -0.529. The zero-order chi connectivity index (χ0) is 12.3. The second kappa shape index (κ2) is 11.7. The molecule has 0 aliphatic carbocycles. The summed E-state index contributed by atoms with van der Waals surface area (Å²) in [5, 5.41) is 1.55. The summed E-state index contributed by atoms with van der Waals surface area (Å²) >= 11 is 0. The molecular weight excluding hydrogens is 212 g/mol. The maximum atomic E-state index is 2.34. The monoisotopic (exact) mass is 240 g/mol. The first-order chi connectivity index (χ1) is 7.04. The summed E-state index contributed by atoms with van der Waals surface area (Å²) in [7, 11) is -0.668. The summed E-state index contributed by atoms with van der Waals surface area (Å²) in [5.74, 6) is 0. The van der Waals surface area contributed by atoms with Crippen LogP contribution in [0.5, 0.6) is 0 Å². The highest BCUT2D eigenvalue weighted by molar-refractivity contribution is 6.70. The number of benzene rings is 1. The highest BCUT2D eigenvalue weighted by atomic mass is 28.3. The van der Waals surface area contributed by atoms with E-state index in [1.165, 1.54) is 0 Å². The second-order valence-corrected chi connectivity index (χ2v) is 10.7. The van der Waals surface area contributed by atoms with Gasteiger partial charge in [-0.1, -0.05) is 82.1 Å². The molecule has 0 aromatic heterocycles. The van der Waals surface area contributed by atoms with Crippen LogP contribution in [-0.4, -0.2) is 17.6 Å². The zero-order valence-electron chi connectivity index (χ0n) is 11.5. The summed E-state index contributed by atoms with van der Waals surface area (Å²) in [5.41, 5.74) is 0. The molecule has 88 valence electrons. The van der Waals surface area contributed by atoms with Crippen molar-refractivity contribution < 1.29 is 0 Å². The van der Waals surface area contributed by atoms with Crippen LogP contribution in [0.4, 0.5) is 0 Å². The fourth-order valence-electron chi connectivity index (χ4n) is 0.838. The standard InChI is InChI=1S/C8H12Si.C3H10Si.C2H6/c1-9(2)8-6-4-3-5-7-8;1-4(2)3;1-2/h3-7,9H,1-2H3;4H,1-3H3;1-2H3. The predicted molar refractivity (Wildman–Crippen MR) is 81.0 cm³/mol. The molecule has 1 rings (SSSR count). The first-order valence-corrected chi connectivity index (χ1v) is 12.4. The van der Waals surface area contributed by atoms with Crippen molar-refractivity contribution in [3.8, 4) is 0 Å². The third-order valence-electron chi connectivity index (χ3n) is 1.47. The van der Waals surface area contributed by atoms with Gasteiger partial charge in [0.05, 0.1) is 8.80 Å². The maximum Gasteiger partial charge on any atom is 0.0647 e. The molecule has 0 spiro atoms. The molecule has 2 heteroatoms. The van der Waals surface area contributed by atoms with Crippen molar-refractivity contribution >= 4 is 22.8 Å². The van der Waals surface area contributed by atoms with E-state index in [0.717, 1.165) is 0 Å². The van der Waals surface area contributed by atoms with Crippen LogP contribution in [0, 0.1) is 0 Å². The van der Waals surface area contributed by atoms with Gasteiger partial charge in [0.2, 0.25) is 0 Å².